The zero-order valence-electron chi connectivity index (χ0n) is 7.55. The minimum Gasteiger partial charge on any atom is -0.357 e. The van der Waals surface area contributed by atoms with Crippen LogP contribution in [0.3, 0.4) is 0 Å². The van der Waals surface area contributed by atoms with Gasteiger partial charge in [0, 0.05) is 30.0 Å². The molecule has 2 rings (SSSR count). The molecule has 2 fully saturated rings. The fourth-order valence-electron chi connectivity index (χ4n) is 2.11. The molecule has 2 saturated heterocycles. The number of likely N-dealkylation sites (tertiary alicyclic amines) is 1. The second-order valence-electron chi connectivity index (χ2n) is 3.78. The first-order valence-corrected chi connectivity index (χ1v) is 5.78. The summed E-state index contributed by atoms with van der Waals surface area (Å²) in [4.78, 5) is 2.32. The maximum atomic E-state index is 7.75. The number of amidine groups is 1. The summed E-state index contributed by atoms with van der Waals surface area (Å²) in [5, 5.41) is 8.56. The van der Waals surface area contributed by atoms with Crippen molar-refractivity contribution in [3.05, 3.63) is 0 Å². The van der Waals surface area contributed by atoms with Gasteiger partial charge in [-0.15, -0.1) is 0 Å². The predicted octanol–water partition coefficient (Wildman–Crippen LogP) is 1.95. The van der Waals surface area contributed by atoms with Crippen LogP contribution in [0, 0.1) is 5.41 Å². The molecule has 0 aromatic rings. The largest absolute Gasteiger partial charge is 0.357 e. The lowest BCUT2D eigenvalue weighted by molar-refractivity contribution is 0.351. The Bertz CT molecular complexity index is 193. The molecule has 68 valence electrons. The molecule has 0 spiro atoms. The zero-order chi connectivity index (χ0) is 8.55. The van der Waals surface area contributed by atoms with Gasteiger partial charge < -0.3 is 4.90 Å². The Hall–Kier alpha value is -0.180. The Kier molecular flexibility index (Phi) is 2.31. The van der Waals surface area contributed by atoms with E-state index >= 15 is 0 Å². The summed E-state index contributed by atoms with van der Waals surface area (Å²) in [5.74, 6) is 2.12. The minimum absolute atomic E-state index is 0.681. The highest BCUT2D eigenvalue weighted by Crippen LogP contribution is 2.31. The van der Waals surface area contributed by atoms with Crippen molar-refractivity contribution in [3.63, 3.8) is 0 Å². The third-order valence-electron chi connectivity index (χ3n) is 2.78. The van der Waals surface area contributed by atoms with Crippen LogP contribution in [0.1, 0.15) is 26.2 Å². The SMILES string of the molecule is CC1CC(N2CCCC2=N)CS1. The maximum absolute atomic E-state index is 7.75. The summed E-state index contributed by atoms with van der Waals surface area (Å²) in [6.07, 6.45) is 3.50. The smallest absolute Gasteiger partial charge is 0.0961 e. The third kappa shape index (κ3) is 1.47. The van der Waals surface area contributed by atoms with Gasteiger partial charge in [0.15, 0.2) is 0 Å². The van der Waals surface area contributed by atoms with Gasteiger partial charge >= 0.3 is 0 Å². The Morgan fingerprint density at radius 1 is 1.58 bits per heavy atom. The molecule has 2 heterocycles. The molecule has 2 atom stereocenters. The molecule has 0 aromatic heterocycles. The molecule has 0 bridgehead atoms. The van der Waals surface area contributed by atoms with Crippen LogP contribution in [-0.4, -0.2) is 34.3 Å². The standard InChI is InChI=1S/C9H16N2S/c1-7-5-8(6-12-7)11-4-2-3-9(11)10/h7-8,10H,2-6H2,1H3. The first kappa shape index (κ1) is 8.42. The van der Waals surface area contributed by atoms with Crippen molar-refractivity contribution < 1.29 is 0 Å². The van der Waals surface area contributed by atoms with Gasteiger partial charge in [-0.05, 0) is 12.8 Å². The Labute approximate surface area is 78.2 Å². The Morgan fingerprint density at radius 2 is 2.42 bits per heavy atom. The fraction of sp³-hybridized carbons (Fsp3) is 0.889. The molecule has 0 radical (unpaired) electrons. The summed E-state index contributed by atoms with van der Waals surface area (Å²) >= 11 is 2.06. The molecule has 0 aliphatic carbocycles. The van der Waals surface area contributed by atoms with E-state index in [2.05, 4.69) is 23.6 Å². The van der Waals surface area contributed by atoms with E-state index in [-0.39, 0.29) is 0 Å². The van der Waals surface area contributed by atoms with Crippen molar-refractivity contribution in [2.45, 2.75) is 37.5 Å². The van der Waals surface area contributed by atoms with Crippen molar-refractivity contribution in [3.8, 4) is 0 Å². The van der Waals surface area contributed by atoms with Crippen molar-refractivity contribution in [2.75, 3.05) is 12.3 Å². The quantitative estimate of drug-likeness (QED) is 0.674. The summed E-state index contributed by atoms with van der Waals surface area (Å²) in [5.41, 5.74) is 0. The van der Waals surface area contributed by atoms with Crippen LogP contribution in [0.2, 0.25) is 0 Å². The highest BCUT2D eigenvalue weighted by Gasteiger charge is 2.30. The topological polar surface area (TPSA) is 27.1 Å². The van der Waals surface area contributed by atoms with Crippen LogP contribution in [-0.2, 0) is 0 Å². The predicted molar refractivity (Wildman–Crippen MR) is 54.0 cm³/mol. The van der Waals surface area contributed by atoms with E-state index in [1.165, 1.54) is 18.6 Å². The highest BCUT2D eigenvalue weighted by atomic mass is 32.2. The molecular formula is C9H16N2S. The van der Waals surface area contributed by atoms with Crippen molar-refractivity contribution >= 4 is 17.6 Å². The van der Waals surface area contributed by atoms with Gasteiger partial charge in [-0.25, -0.2) is 0 Å². The van der Waals surface area contributed by atoms with Crippen molar-refractivity contribution in [1.29, 1.82) is 5.41 Å². The normalized spacial score (nSPS) is 36.4. The molecule has 0 amide bonds. The van der Waals surface area contributed by atoms with Crippen LogP contribution >= 0.6 is 11.8 Å². The third-order valence-corrected chi connectivity index (χ3v) is 4.12. The Balaban J connectivity index is 1.96. The van der Waals surface area contributed by atoms with E-state index in [4.69, 9.17) is 5.41 Å². The monoisotopic (exact) mass is 184 g/mol. The number of hydrogen-bond acceptors (Lipinski definition) is 2. The molecule has 2 nitrogen and oxygen atoms in total. The fourth-order valence-corrected chi connectivity index (χ4v) is 3.34. The molecule has 2 aliphatic heterocycles. The lowest BCUT2D eigenvalue weighted by Crippen LogP contribution is -2.35. The van der Waals surface area contributed by atoms with Crippen LogP contribution in [0.5, 0.6) is 0 Å². The van der Waals surface area contributed by atoms with Crippen LogP contribution in [0.15, 0.2) is 0 Å². The Morgan fingerprint density at radius 3 is 2.92 bits per heavy atom. The maximum Gasteiger partial charge on any atom is 0.0961 e. The average Bonchev–Trinajstić information content (AvgIpc) is 2.58. The van der Waals surface area contributed by atoms with Crippen LogP contribution in [0.25, 0.3) is 0 Å². The van der Waals surface area contributed by atoms with E-state index in [0.29, 0.717) is 6.04 Å². The first-order valence-electron chi connectivity index (χ1n) is 4.73. The molecule has 2 aliphatic rings. The van der Waals surface area contributed by atoms with E-state index < -0.39 is 0 Å². The van der Waals surface area contributed by atoms with Gasteiger partial charge in [0.25, 0.3) is 0 Å². The summed E-state index contributed by atoms with van der Waals surface area (Å²) in [7, 11) is 0. The van der Waals surface area contributed by atoms with Gasteiger partial charge in [0.2, 0.25) is 0 Å². The molecule has 3 heteroatoms. The van der Waals surface area contributed by atoms with E-state index in [0.717, 1.165) is 24.1 Å². The molecule has 0 aromatic carbocycles. The first-order chi connectivity index (χ1) is 5.77. The van der Waals surface area contributed by atoms with Gasteiger partial charge in [-0.2, -0.15) is 11.8 Å². The second-order valence-corrected chi connectivity index (χ2v) is 5.25. The van der Waals surface area contributed by atoms with E-state index in [9.17, 15) is 0 Å². The number of hydrogen-bond donors (Lipinski definition) is 1. The van der Waals surface area contributed by atoms with E-state index in [1.807, 2.05) is 0 Å². The van der Waals surface area contributed by atoms with Crippen LogP contribution in [0.4, 0.5) is 0 Å². The number of nitrogens with zero attached hydrogens (tertiary/aromatic N) is 1. The van der Waals surface area contributed by atoms with Gasteiger partial charge in [-0.1, -0.05) is 6.92 Å². The summed E-state index contributed by atoms with van der Waals surface area (Å²) < 4.78 is 0. The van der Waals surface area contributed by atoms with Gasteiger partial charge in [0.1, 0.15) is 0 Å². The average molecular weight is 184 g/mol. The number of thioether (sulfide) groups is 1. The summed E-state index contributed by atoms with van der Waals surface area (Å²) in [6.45, 7) is 3.43. The number of nitrogens with one attached hydrogen (secondary N) is 1. The minimum atomic E-state index is 0.681. The van der Waals surface area contributed by atoms with E-state index in [1.54, 1.807) is 0 Å². The zero-order valence-corrected chi connectivity index (χ0v) is 8.36. The highest BCUT2D eigenvalue weighted by molar-refractivity contribution is 8.00. The second kappa shape index (κ2) is 3.29. The summed E-state index contributed by atoms with van der Waals surface area (Å²) in [6, 6.07) is 0.681. The van der Waals surface area contributed by atoms with Crippen molar-refractivity contribution in [1.82, 2.24) is 4.90 Å². The lowest BCUT2D eigenvalue weighted by atomic mass is 10.2. The molecule has 0 saturated carbocycles. The molecular weight excluding hydrogens is 168 g/mol. The molecule has 12 heavy (non-hydrogen) atoms. The molecule has 1 N–H and O–H groups in total. The number of rotatable bonds is 1. The molecule has 2 unspecified atom stereocenters. The van der Waals surface area contributed by atoms with Crippen molar-refractivity contribution in [2.24, 2.45) is 0 Å². The van der Waals surface area contributed by atoms with Gasteiger partial charge in [-0.3, -0.25) is 5.41 Å². The van der Waals surface area contributed by atoms with Gasteiger partial charge in [0.05, 0.1) is 5.84 Å². The lowest BCUT2D eigenvalue weighted by Gasteiger charge is -2.24. The van der Waals surface area contributed by atoms with Crippen LogP contribution < -0.4 is 0 Å².